The lowest BCUT2D eigenvalue weighted by Gasteiger charge is -2.14. The lowest BCUT2D eigenvalue weighted by atomic mass is 10.2. The second-order valence-electron chi connectivity index (χ2n) is 2.76. The largest absolute Gasteiger partial charge is 0.326 e. The maximum atomic E-state index is 5.80. The van der Waals surface area contributed by atoms with Gasteiger partial charge < -0.3 is 11.1 Å². The van der Waals surface area contributed by atoms with Gasteiger partial charge in [0, 0.05) is 12.1 Å². The molecule has 0 amide bonds. The van der Waals surface area contributed by atoms with Crippen molar-refractivity contribution in [1.29, 1.82) is 0 Å². The molecule has 2 atom stereocenters. The van der Waals surface area contributed by atoms with Gasteiger partial charge in [0.25, 0.3) is 0 Å². The molecular weight excluding hydrogens is 112 g/mol. The van der Waals surface area contributed by atoms with Crippen LogP contribution in [0.25, 0.3) is 0 Å². The highest BCUT2D eigenvalue weighted by Gasteiger charge is 2.21. The summed E-state index contributed by atoms with van der Waals surface area (Å²) in [6, 6.07) is 1.03. The Bertz CT molecular complexity index is 83.0. The average Bonchev–Trinajstić information content (AvgIpc) is 2.18. The van der Waals surface area contributed by atoms with Crippen LogP contribution in [-0.2, 0) is 0 Å². The molecule has 0 radical (unpaired) electrons. The molecule has 0 aliphatic heterocycles. The summed E-state index contributed by atoms with van der Waals surface area (Å²) in [5, 5.41) is 3.37. The normalized spacial score (nSPS) is 35.3. The molecule has 0 aromatic heterocycles. The molecule has 0 spiro atoms. The smallest absolute Gasteiger partial charge is 0.0218 e. The van der Waals surface area contributed by atoms with E-state index in [0.29, 0.717) is 12.1 Å². The van der Waals surface area contributed by atoms with Crippen LogP contribution in [-0.4, -0.2) is 18.6 Å². The first-order chi connectivity index (χ1) is 4.34. The van der Waals surface area contributed by atoms with Crippen LogP contribution in [0.15, 0.2) is 0 Å². The average molecular weight is 128 g/mol. The minimum absolute atomic E-state index is 0.421. The Kier molecular flexibility index (Phi) is 2.49. The van der Waals surface area contributed by atoms with Gasteiger partial charge in [-0.3, -0.25) is 0 Å². The van der Waals surface area contributed by atoms with Gasteiger partial charge in [0.05, 0.1) is 0 Å². The lowest BCUT2D eigenvalue weighted by molar-refractivity contribution is 0.489. The molecule has 0 aromatic carbocycles. The molecule has 0 heterocycles. The van der Waals surface area contributed by atoms with Gasteiger partial charge >= 0.3 is 0 Å². The minimum Gasteiger partial charge on any atom is -0.326 e. The number of rotatable bonds is 2. The van der Waals surface area contributed by atoms with Gasteiger partial charge in [-0.05, 0) is 19.4 Å². The van der Waals surface area contributed by atoms with E-state index in [2.05, 4.69) is 12.2 Å². The molecule has 0 saturated heterocycles. The highest BCUT2D eigenvalue weighted by Crippen LogP contribution is 2.16. The minimum atomic E-state index is 0.421. The molecule has 0 aromatic rings. The fourth-order valence-electron chi connectivity index (χ4n) is 1.50. The lowest BCUT2D eigenvalue weighted by Crippen LogP contribution is -2.40. The molecule has 1 rings (SSSR count). The Balaban J connectivity index is 2.22. The second-order valence-corrected chi connectivity index (χ2v) is 2.76. The highest BCUT2D eigenvalue weighted by atomic mass is 15.0. The topological polar surface area (TPSA) is 38.0 Å². The molecule has 3 N–H and O–H groups in total. The molecule has 1 aliphatic rings. The molecule has 1 saturated carbocycles. The highest BCUT2D eigenvalue weighted by molar-refractivity contribution is 4.85. The van der Waals surface area contributed by atoms with Gasteiger partial charge in [0.15, 0.2) is 0 Å². The predicted octanol–water partition coefficient (Wildman–Crippen LogP) is 0.476. The standard InChI is InChI=1S/C7H16N2/c1-2-9-7-5-3-4-6(7)8/h6-7,9H,2-5,8H2,1H3. The molecule has 2 heteroatoms. The van der Waals surface area contributed by atoms with Crippen LogP contribution in [0.4, 0.5) is 0 Å². The van der Waals surface area contributed by atoms with E-state index in [1.165, 1.54) is 19.3 Å². The van der Waals surface area contributed by atoms with Crippen molar-refractivity contribution < 1.29 is 0 Å². The molecule has 9 heavy (non-hydrogen) atoms. The number of hydrogen-bond donors (Lipinski definition) is 2. The maximum absolute atomic E-state index is 5.80. The van der Waals surface area contributed by atoms with Gasteiger partial charge in [0.2, 0.25) is 0 Å². The Morgan fingerprint density at radius 3 is 2.78 bits per heavy atom. The van der Waals surface area contributed by atoms with Crippen molar-refractivity contribution in [1.82, 2.24) is 5.32 Å². The number of nitrogens with two attached hydrogens (primary N) is 1. The maximum Gasteiger partial charge on any atom is 0.0218 e. The number of likely N-dealkylation sites (N-methyl/N-ethyl adjacent to an activating group) is 1. The fourth-order valence-corrected chi connectivity index (χ4v) is 1.50. The zero-order valence-corrected chi connectivity index (χ0v) is 6.06. The van der Waals surface area contributed by atoms with Crippen molar-refractivity contribution >= 4 is 0 Å². The predicted molar refractivity (Wildman–Crippen MR) is 39.3 cm³/mol. The van der Waals surface area contributed by atoms with Crippen molar-refractivity contribution in [3.8, 4) is 0 Å². The first-order valence-electron chi connectivity index (χ1n) is 3.83. The third kappa shape index (κ3) is 1.66. The molecule has 54 valence electrons. The van der Waals surface area contributed by atoms with E-state index in [1.807, 2.05) is 0 Å². The van der Waals surface area contributed by atoms with E-state index in [1.54, 1.807) is 0 Å². The van der Waals surface area contributed by atoms with Crippen molar-refractivity contribution in [2.45, 2.75) is 38.3 Å². The monoisotopic (exact) mass is 128 g/mol. The van der Waals surface area contributed by atoms with Gasteiger partial charge in [0.1, 0.15) is 0 Å². The first kappa shape index (κ1) is 7.03. The molecule has 0 bridgehead atoms. The molecular formula is C7H16N2. The molecule has 2 unspecified atom stereocenters. The zero-order valence-electron chi connectivity index (χ0n) is 6.06. The molecule has 1 aliphatic carbocycles. The van der Waals surface area contributed by atoms with E-state index in [-0.39, 0.29) is 0 Å². The van der Waals surface area contributed by atoms with E-state index in [4.69, 9.17) is 5.73 Å². The van der Waals surface area contributed by atoms with Crippen LogP contribution in [0.5, 0.6) is 0 Å². The molecule has 2 nitrogen and oxygen atoms in total. The summed E-state index contributed by atoms with van der Waals surface area (Å²) in [5.41, 5.74) is 5.80. The Morgan fingerprint density at radius 2 is 2.33 bits per heavy atom. The van der Waals surface area contributed by atoms with Crippen LogP contribution >= 0.6 is 0 Å². The third-order valence-electron chi connectivity index (χ3n) is 2.04. The van der Waals surface area contributed by atoms with Crippen molar-refractivity contribution in [2.75, 3.05) is 6.54 Å². The summed E-state index contributed by atoms with van der Waals surface area (Å²) in [6.45, 7) is 3.18. The number of hydrogen-bond acceptors (Lipinski definition) is 2. The van der Waals surface area contributed by atoms with Crippen LogP contribution in [0.1, 0.15) is 26.2 Å². The van der Waals surface area contributed by atoms with Crippen molar-refractivity contribution in [3.05, 3.63) is 0 Å². The number of nitrogens with one attached hydrogen (secondary N) is 1. The Morgan fingerprint density at radius 1 is 1.56 bits per heavy atom. The summed E-state index contributed by atoms with van der Waals surface area (Å²) in [7, 11) is 0. The van der Waals surface area contributed by atoms with E-state index in [0.717, 1.165) is 6.54 Å². The summed E-state index contributed by atoms with van der Waals surface area (Å²) in [4.78, 5) is 0. The first-order valence-corrected chi connectivity index (χ1v) is 3.83. The van der Waals surface area contributed by atoms with Gasteiger partial charge in [-0.1, -0.05) is 13.3 Å². The van der Waals surface area contributed by atoms with E-state index in [9.17, 15) is 0 Å². The van der Waals surface area contributed by atoms with Crippen LogP contribution in [0.2, 0.25) is 0 Å². The summed E-state index contributed by atoms with van der Waals surface area (Å²) >= 11 is 0. The fraction of sp³-hybridized carbons (Fsp3) is 1.00. The Labute approximate surface area is 56.8 Å². The van der Waals surface area contributed by atoms with E-state index >= 15 is 0 Å². The SMILES string of the molecule is CCNC1CCCC1N. The molecule has 1 fully saturated rings. The van der Waals surface area contributed by atoms with Crippen molar-refractivity contribution in [3.63, 3.8) is 0 Å². The Hall–Kier alpha value is -0.0800. The quantitative estimate of drug-likeness (QED) is 0.567. The summed E-state index contributed by atoms with van der Waals surface area (Å²) in [6.07, 6.45) is 3.78. The summed E-state index contributed by atoms with van der Waals surface area (Å²) < 4.78 is 0. The van der Waals surface area contributed by atoms with Gasteiger partial charge in [-0.2, -0.15) is 0 Å². The van der Waals surface area contributed by atoms with Gasteiger partial charge in [-0.25, -0.2) is 0 Å². The van der Waals surface area contributed by atoms with Gasteiger partial charge in [-0.15, -0.1) is 0 Å². The summed E-state index contributed by atoms with van der Waals surface area (Å²) in [5.74, 6) is 0. The zero-order chi connectivity index (χ0) is 6.69. The van der Waals surface area contributed by atoms with Crippen molar-refractivity contribution in [2.24, 2.45) is 5.73 Å². The van der Waals surface area contributed by atoms with Crippen LogP contribution in [0, 0.1) is 0 Å². The van der Waals surface area contributed by atoms with Crippen LogP contribution in [0.3, 0.4) is 0 Å². The van der Waals surface area contributed by atoms with E-state index < -0.39 is 0 Å². The third-order valence-corrected chi connectivity index (χ3v) is 2.04. The van der Waals surface area contributed by atoms with Crippen LogP contribution < -0.4 is 11.1 Å². The second kappa shape index (κ2) is 3.18.